The average molecular weight is 244 g/mol. The first-order chi connectivity index (χ1) is 8.83. The number of phenols is 1. The van der Waals surface area contributed by atoms with Crippen molar-refractivity contribution >= 4 is 0 Å². The van der Waals surface area contributed by atoms with E-state index in [0.29, 0.717) is 11.8 Å². The van der Waals surface area contributed by atoms with Crippen LogP contribution < -0.4 is 5.32 Å². The topological polar surface area (TPSA) is 63.0 Å². The summed E-state index contributed by atoms with van der Waals surface area (Å²) in [5, 5.41) is 20.7. The molecule has 1 unspecified atom stereocenters. The third-order valence-electron chi connectivity index (χ3n) is 3.41. The van der Waals surface area contributed by atoms with Crippen molar-refractivity contribution in [1.82, 2.24) is 20.3 Å². The number of aryl methyl sites for hydroxylation is 1. The highest BCUT2D eigenvalue weighted by atomic mass is 16.3. The summed E-state index contributed by atoms with van der Waals surface area (Å²) in [6.07, 6.45) is 5.68. The summed E-state index contributed by atoms with van der Waals surface area (Å²) >= 11 is 0. The fraction of sp³-hybridized carbons (Fsp3) is 0.385. The third kappa shape index (κ3) is 2.22. The second-order valence-electron chi connectivity index (χ2n) is 4.59. The van der Waals surface area contributed by atoms with Crippen molar-refractivity contribution in [3.8, 4) is 5.75 Å². The van der Waals surface area contributed by atoms with Crippen LogP contribution in [0.25, 0.3) is 0 Å². The van der Waals surface area contributed by atoms with Crippen LogP contribution in [0.3, 0.4) is 0 Å². The highest BCUT2D eigenvalue weighted by Gasteiger charge is 2.21. The maximum atomic E-state index is 9.44. The lowest BCUT2D eigenvalue weighted by molar-refractivity contribution is 0.473. The summed E-state index contributed by atoms with van der Waals surface area (Å²) in [4.78, 5) is 0. The highest BCUT2D eigenvalue weighted by Crippen LogP contribution is 2.32. The van der Waals surface area contributed by atoms with Crippen LogP contribution in [0.5, 0.6) is 5.75 Å². The Morgan fingerprint density at radius 3 is 3.22 bits per heavy atom. The molecule has 0 radical (unpaired) electrons. The summed E-state index contributed by atoms with van der Waals surface area (Å²) in [5.74, 6) is 0.358. The molecule has 1 aliphatic carbocycles. The van der Waals surface area contributed by atoms with Gasteiger partial charge in [0.1, 0.15) is 5.75 Å². The Morgan fingerprint density at radius 1 is 1.44 bits per heavy atom. The van der Waals surface area contributed by atoms with Gasteiger partial charge in [-0.1, -0.05) is 11.3 Å². The Labute approximate surface area is 105 Å². The lowest BCUT2D eigenvalue weighted by atomic mass is 10.1. The van der Waals surface area contributed by atoms with Crippen molar-refractivity contribution < 1.29 is 5.11 Å². The molecule has 5 heteroatoms. The zero-order valence-electron chi connectivity index (χ0n) is 10.1. The molecule has 0 aliphatic heterocycles. The zero-order valence-corrected chi connectivity index (χ0v) is 10.1. The van der Waals surface area contributed by atoms with Crippen LogP contribution in [0.2, 0.25) is 0 Å². The van der Waals surface area contributed by atoms with E-state index in [4.69, 9.17) is 0 Å². The van der Waals surface area contributed by atoms with E-state index in [0.717, 1.165) is 25.9 Å². The lowest BCUT2D eigenvalue weighted by Gasteiger charge is -2.13. The molecular weight excluding hydrogens is 228 g/mol. The Balaban J connectivity index is 1.59. The standard InChI is InChI=1S/C13H16N4O/c18-11-2-3-12-10(9-11)1-4-13(12)14-5-7-17-8-6-15-16-17/h2-3,6,8-9,13-14,18H,1,4-5,7H2. The Kier molecular flexibility index (Phi) is 2.98. The first kappa shape index (κ1) is 11.2. The van der Waals surface area contributed by atoms with E-state index in [9.17, 15) is 5.11 Å². The molecule has 1 heterocycles. The number of hydrogen-bond acceptors (Lipinski definition) is 4. The molecule has 1 aliphatic rings. The van der Waals surface area contributed by atoms with Gasteiger partial charge in [0.2, 0.25) is 0 Å². The maximum absolute atomic E-state index is 9.44. The number of hydrogen-bond donors (Lipinski definition) is 2. The molecule has 1 aromatic carbocycles. The van der Waals surface area contributed by atoms with Gasteiger partial charge in [-0.3, -0.25) is 4.68 Å². The van der Waals surface area contributed by atoms with Gasteiger partial charge in [0.15, 0.2) is 0 Å². The van der Waals surface area contributed by atoms with Crippen molar-refractivity contribution in [2.45, 2.75) is 25.4 Å². The number of aromatic hydroxyl groups is 1. The van der Waals surface area contributed by atoms with Crippen LogP contribution in [-0.4, -0.2) is 26.6 Å². The normalized spacial score (nSPS) is 17.9. The van der Waals surface area contributed by atoms with Gasteiger partial charge in [-0.15, -0.1) is 5.10 Å². The molecule has 5 nitrogen and oxygen atoms in total. The number of phenolic OH excluding ortho intramolecular Hbond substituents is 1. The predicted molar refractivity (Wildman–Crippen MR) is 67.2 cm³/mol. The molecule has 3 rings (SSSR count). The van der Waals surface area contributed by atoms with Crippen molar-refractivity contribution in [1.29, 1.82) is 0 Å². The number of nitrogens with zero attached hydrogens (tertiary/aromatic N) is 3. The smallest absolute Gasteiger partial charge is 0.115 e. The number of aromatic nitrogens is 3. The highest BCUT2D eigenvalue weighted by molar-refractivity contribution is 5.39. The summed E-state index contributed by atoms with van der Waals surface area (Å²) < 4.78 is 1.82. The van der Waals surface area contributed by atoms with Gasteiger partial charge in [-0.2, -0.15) is 0 Å². The van der Waals surface area contributed by atoms with Gasteiger partial charge >= 0.3 is 0 Å². The van der Waals surface area contributed by atoms with Gasteiger partial charge in [0, 0.05) is 18.8 Å². The summed E-state index contributed by atoms with van der Waals surface area (Å²) in [7, 11) is 0. The SMILES string of the molecule is Oc1ccc2c(c1)CCC2NCCn1ccnn1. The fourth-order valence-corrected chi connectivity index (χ4v) is 2.52. The molecule has 0 fully saturated rings. The van der Waals surface area contributed by atoms with Crippen molar-refractivity contribution in [2.24, 2.45) is 0 Å². The third-order valence-corrected chi connectivity index (χ3v) is 3.41. The number of benzene rings is 1. The first-order valence-corrected chi connectivity index (χ1v) is 6.22. The quantitative estimate of drug-likeness (QED) is 0.850. The average Bonchev–Trinajstić information content (AvgIpc) is 2.99. The van der Waals surface area contributed by atoms with Crippen LogP contribution in [0.15, 0.2) is 30.6 Å². The number of nitrogens with one attached hydrogen (secondary N) is 1. The molecular formula is C13H16N4O. The van der Waals surface area contributed by atoms with Crippen molar-refractivity contribution in [3.05, 3.63) is 41.7 Å². The molecule has 1 aromatic heterocycles. The van der Waals surface area contributed by atoms with E-state index in [2.05, 4.69) is 15.6 Å². The maximum Gasteiger partial charge on any atom is 0.115 e. The van der Waals surface area contributed by atoms with Crippen LogP contribution in [0.4, 0.5) is 0 Å². The van der Waals surface area contributed by atoms with Crippen molar-refractivity contribution in [3.63, 3.8) is 0 Å². The molecule has 0 saturated carbocycles. The van der Waals surface area contributed by atoms with Gasteiger partial charge in [-0.25, -0.2) is 0 Å². The Morgan fingerprint density at radius 2 is 2.39 bits per heavy atom. The van der Waals surface area contributed by atoms with Crippen LogP contribution in [0.1, 0.15) is 23.6 Å². The van der Waals surface area contributed by atoms with Crippen LogP contribution >= 0.6 is 0 Å². The molecule has 0 saturated heterocycles. The Hall–Kier alpha value is -1.88. The molecule has 0 amide bonds. The molecule has 0 bridgehead atoms. The van der Waals surface area contributed by atoms with E-state index in [1.54, 1.807) is 12.3 Å². The second kappa shape index (κ2) is 4.78. The fourth-order valence-electron chi connectivity index (χ4n) is 2.52. The van der Waals surface area contributed by atoms with Crippen molar-refractivity contribution in [2.75, 3.05) is 6.54 Å². The van der Waals surface area contributed by atoms with Gasteiger partial charge in [0.25, 0.3) is 0 Å². The van der Waals surface area contributed by atoms with Gasteiger partial charge < -0.3 is 10.4 Å². The minimum Gasteiger partial charge on any atom is -0.508 e. The molecule has 0 spiro atoms. The summed E-state index contributed by atoms with van der Waals surface area (Å²) in [5.41, 5.74) is 2.57. The first-order valence-electron chi connectivity index (χ1n) is 6.22. The van der Waals surface area contributed by atoms with E-state index >= 15 is 0 Å². The monoisotopic (exact) mass is 244 g/mol. The largest absolute Gasteiger partial charge is 0.508 e. The molecule has 18 heavy (non-hydrogen) atoms. The molecule has 94 valence electrons. The predicted octanol–water partition coefficient (Wildman–Crippen LogP) is 1.26. The molecule has 1 atom stereocenters. The number of fused-ring (bicyclic) bond motifs is 1. The van der Waals surface area contributed by atoms with E-state index in [1.165, 1.54) is 11.1 Å². The summed E-state index contributed by atoms with van der Waals surface area (Å²) in [6.45, 7) is 1.69. The second-order valence-corrected chi connectivity index (χ2v) is 4.59. The van der Waals surface area contributed by atoms with E-state index < -0.39 is 0 Å². The molecule has 2 aromatic rings. The van der Waals surface area contributed by atoms with Gasteiger partial charge in [-0.05, 0) is 36.1 Å². The van der Waals surface area contributed by atoms with E-state index in [1.807, 2.05) is 23.0 Å². The molecule has 2 N–H and O–H groups in total. The van der Waals surface area contributed by atoms with Crippen LogP contribution in [0, 0.1) is 0 Å². The van der Waals surface area contributed by atoms with Crippen LogP contribution in [-0.2, 0) is 13.0 Å². The lowest BCUT2D eigenvalue weighted by Crippen LogP contribution is -2.24. The Bertz CT molecular complexity index is 524. The minimum absolute atomic E-state index is 0.358. The minimum atomic E-state index is 0.358. The number of rotatable bonds is 4. The van der Waals surface area contributed by atoms with Gasteiger partial charge in [0.05, 0.1) is 12.7 Å². The van der Waals surface area contributed by atoms with E-state index in [-0.39, 0.29) is 0 Å². The zero-order chi connectivity index (χ0) is 12.4. The summed E-state index contributed by atoms with van der Waals surface area (Å²) in [6, 6.07) is 6.04.